The molecule has 1 saturated carbocycles. The predicted molar refractivity (Wildman–Crippen MR) is 73.0 cm³/mol. The molecular weight excluding hydrogens is 248 g/mol. The van der Waals surface area contributed by atoms with Crippen LogP contribution in [-0.4, -0.2) is 22.6 Å². The summed E-state index contributed by atoms with van der Waals surface area (Å²) in [6, 6.07) is 0. The lowest BCUT2D eigenvalue weighted by molar-refractivity contribution is -0.150. The van der Waals surface area contributed by atoms with E-state index in [1.54, 1.807) is 0 Å². The van der Waals surface area contributed by atoms with Crippen LogP contribution in [-0.2, 0) is 4.79 Å². The van der Waals surface area contributed by atoms with Crippen molar-refractivity contribution in [2.24, 2.45) is 11.3 Å². The Kier molecular flexibility index (Phi) is 3.90. The van der Waals surface area contributed by atoms with Crippen molar-refractivity contribution in [1.82, 2.24) is 4.98 Å². The van der Waals surface area contributed by atoms with Gasteiger partial charge in [0.2, 0.25) is 0 Å². The third-order valence-electron chi connectivity index (χ3n) is 3.88. The normalized spacial score (nSPS) is 28.0. The number of aromatic nitrogens is 1. The molecule has 1 fully saturated rings. The molecule has 1 aliphatic carbocycles. The molecule has 5 heteroatoms. The fraction of sp³-hybridized carbons (Fsp3) is 0.692. The van der Waals surface area contributed by atoms with Gasteiger partial charge in [0, 0.05) is 11.9 Å². The first-order valence-corrected chi connectivity index (χ1v) is 7.29. The second-order valence-electron chi connectivity index (χ2n) is 5.42. The molecule has 0 atom stereocenters. The molecule has 2 rings (SSSR count). The van der Waals surface area contributed by atoms with Gasteiger partial charge in [-0.2, -0.15) is 0 Å². The molecule has 0 unspecified atom stereocenters. The number of anilines is 1. The van der Waals surface area contributed by atoms with Crippen LogP contribution >= 0.6 is 11.3 Å². The third-order valence-corrected chi connectivity index (χ3v) is 4.80. The van der Waals surface area contributed by atoms with E-state index in [0.29, 0.717) is 12.5 Å². The first-order valence-electron chi connectivity index (χ1n) is 6.41. The fourth-order valence-corrected chi connectivity index (χ4v) is 3.15. The standard InChI is InChI=1S/C13H20N2O2S/c1-9-3-5-13(6-4-9,11(16)17)8-14-12-15-10(2)7-18-12/h7,9H,3-6,8H2,1-2H3,(H,14,15)(H,16,17). The van der Waals surface area contributed by atoms with E-state index in [-0.39, 0.29) is 0 Å². The minimum Gasteiger partial charge on any atom is -0.481 e. The lowest BCUT2D eigenvalue weighted by atomic mass is 9.71. The van der Waals surface area contributed by atoms with E-state index in [0.717, 1.165) is 36.5 Å². The van der Waals surface area contributed by atoms with E-state index in [1.807, 2.05) is 12.3 Å². The predicted octanol–water partition coefficient (Wildman–Crippen LogP) is 3.14. The molecule has 0 bridgehead atoms. The maximum absolute atomic E-state index is 11.6. The Morgan fingerprint density at radius 1 is 1.61 bits per heavy atom. The number of carbonyl (C=O) groups is 1. The van der Waals surface area contributed by atoms with Crippen molar-refractivity contribution >= 4 is 22.4 Å². The molecule has 100 valence electrons. The number of hydrogen-bond donors (Lipinski definition) is 2. The van der Waals surface area contributed by atoms with Gasteiger partial charge in [-0.3, -0.25) is 4.79 Å². The third kappa shape index (κ3) is 2.83. The van der Waals surface area contributed by atoms with Crippen LogP contribution in [0.1, 0.15) is 38.3 Å². The van der Waals surface area contributed by atoms with Crippen LogP contribution in [0, 0.1) is 18.3 Å². The van der Waals surface area contributed by atoms with E-state index < -0.39 is 11.4 Å². The number of nitrogens with one attached hydrogen (secondary N) is 1. The Labute approximate surface area is 111 Å². The van der Waals surface area contributed by atoms with Gasteiger partial charge in [-0.05, 0) is 38.5 Å². The van der Waals surface area contributed by atoms with Gasteiger partial charge in [-0.1, -0.05) is 6.92 Å². The summed E-state index contributed by atoms with van der Waals surface area (Å²) in [7, 11) is 0. The van der Waals surface area contributed by atoms with Crippen LogP contribution in [0.5, 0.6) is 0 Å². The van der Waals surface area contributed by atoms with Gasteiger partial charge < -0.3 is 10.4 Å². The molecule has 0 saturated heterocycles. The molecule has 2 N–H and O–H groups in total. The first kappa shape index (κ1) is 13.3. The minimum absolute atomic E-state index is 0.488. The lowest BCUT2D eigenvalue weighted by Gasteiger charge is -2.35. The molecule has 0 amide bonds. The van der Waals surface area contributed by atoms with E-state index in [9.17, 15) is 9.90 Å². The van der Waals surface area contributed by atoms with Crippen LogP contribution in [0.25, 0.3) is 0 Å². The summed E-state index contributed by atoms with van der Waals surface area (Å²) in [5, 5.41) is 15.5. The van der Waals surface area contributed by atoms with Gasteiger partial charge in [0.1, 0.15) is 0 Å². The number of carboxylic acid groups (broad SMARTS) is 1. The zero-order valence-corrected chi connectivity index (χ0v) is 11.7. The number of hydrogen-bond acceptors (Lipinski definition) is 4. The van der Waals surface area contributed by atoms with Crippen molar-refractivity contribution in [1.29, 1.82) is 0 Å². The number of rotatable bonds is 4. The largest absolute Gasteiger partial charge is 0.481 e. The zero-order chi connectivity index (χ0) is 13.2. The van der Waals surface area contributed by atoms with Crippen molar-refractivity contribution in [2.45, 2.75) is 39.5 Å². The molecule has 0 radical (unpaired) electrons. The summed E-state index contributed by atoms with van der Waals surface area (Å²) in [5.74, 6) is -0.0187. The van der Waals surface area contributed by atoms with Crippen molar-refractivity contribution in [3.8, 4) is 0 Å². The van der Waals surface area contributed by atoms with Gasteiger partial charge >= 0.3 is 5.97 Å². The number of nitrogens with zero attached hydrogens (tertiary/aromatic N) is 1. The summed E-state index contributed by atoms with van der Waals surface area (Å²) in [6.45, 7) is 4.63. The highest BCUT2D eigenvalue weighted by molar-refractivity contribution is 7.13. The monoisotopic (exact) mass is 268 g/mol. The summed E-state index contributed by atoms with van der Waals surface area (Å²) in [6.07, 6.45) is 3.54. The summed E-state index contributed by atoms with van der Waals surface area (Å²) < 4.78 is 0. The highest BCUT2D eigenvalue weighted by Gasteiger charge is 2.41. The van der Waals surface area contributed by atoms with Gasteiger partial charge in [0.15, 0.2) is 5.13 Å². The van der Waals surface area contributed by atoms with Crippen LogP contribution in [0.15, 0.2) is 5.38 Å². The smallest absolute Gasteiger partial charge is 0.311 e. The molecule has 1 aliphatic rings. The summed E-state index contributed by atoms with van der Waals surface area (Å²) in [5.41, 5.74) is 0.371. The highest BCUT2D eigenvalue weighted by Crippen LogP contribution is 2.39. The molecule has 0 aromatic carbocycles. The molecule has 18 heavy (non-hydrogen) atoms. The minimum atomic E-state index is -0.671. The average molecular weight is 268 g/mol. The number of aliphatic carboxylic acids is 1. The highest BCUT2D eigenvalue weighted by atomic mass is 32.1. The molecule has 1 heterocycles. The Balaban J connectivity index is 2.00. The van der Waals surface area contributed by atoms with E-state index >= 15 is 0 Å². The Morgan fingerprint density at radius 3 is 2.78 bits per heavy atom. The van der Waals surface area contributed by atoms with Gasteiger partial charge in [-0.25, -0.2) is 4.98 Å². The topological polar surface area (TPSA) is 62.2 Å². The summed E-state index contributed by atoms with van der Waals surface area (Å²) in [4.78, 5) is 15.9. The second-order valence-corrected chi connectivity index (χ2v) is 6.27. The van der Waals surface area contributed by atoms with Crippen LogP contribution in [0.2, 0.25) is 0 Å². The zero-order valence-electron chi connectivity index (χ0n) is 10.9. The van der Waals surface area contributed by atoms with Crippen molar-refractivity contribution in [2.75, 3.05) is 11.9 Å². The summed E-state index contributed by atoms with van der Waals surface area (Å²) >= 11 is 1.53. The molecule has 4 nitrogen and oxygen atoms in total. The Hall–Kier alpha value is -1.10. The number of aryl methyl sites for hydroxylation is 1. The molecular formula is C13H20N2O2S. The molecule has 1 aromatic heterocycles. The average Bonchev–Trinajstić information content (AvgIpc) is 2.75. The number of thiazole rings is 1. The second kappa shape index (κ2) is 5.26. The molecule has 0 aliphatic heterocycles. The van der Waals surface area contributed by atoms with Crippen LogP contribution in [0.4, 0.5) is 5.13 Å². The number of carboxylic acids is 1. The van der Waals surface area contributed by atoms with E-state index in [2.05, 4.69) is 17.2 Å². The lowest BCUT2D eigenvalue weighted by Crippen LogP contribution is -2.41. The van der Waals surface area contributed by atoms with Gasteiger partial charge in [-0.15, -0.1) is 11.3 Å². The van der Waals surface area contributed by atoms with Gasteiger partial charge in [0.05, 0.1) is 11.1 Å². The quantitative estimate of drug-likeness (QED) is 0.880. The van der Waals surface area contributed by atoms with E-state index in [1.165, 1.54) is 11.3 Å². The Morgan fingerprint density at radius 2 is 2.28 bits per heavy atom. The molecule has 1 aromatic rings. The Bertz CT molecular complexity index is 422. The van der Waals surface area contributed by atoms with Crippen molar-refractivity contribution in [3.63, 3.8) is 0 Å². The van der Waals surface area contributed by atoms with Crippen molar-refractivity contribution < 1.29 is 9.90 Å². The van der Waals surface area contributed by atoms with E-state index in [4.69, 9.17) is 0 Å². The van der Waals surface area contributed by atoms with Crippen LogP contribution < -0.4 is 5.32 Å². The first-order chi connectivity index (χ1) is 8.52. The molecule has 0 spiro atoms. The fourth-order valence-electron chi connectivity index (χ4n) is 2.46. The maximum atomic E-state index is 11.6. The van der Waals surface area contributed by atoms with Crippen molar-refractivity contribution in [3.05, 3.63) is 11.1 Å². The van der Waals surface area contributed by atoms with Gasteiger partial charge in [0.25, 0.3) is 0 Å². The SMILES string of the molecule is Cc1csc(NCC2(C(=O)O)CCC(C)CC2)n1. The maximum Gasteiger partial charge on any atom is 0.311 e. The van der Waals surface area contributed by atoms with Crippen LogP contribution in [0.3, 0.4) is 0 Å².